The van der Waals surface area contributed by atoms with E-state index in [1.165, 1.54) is 11.1 Å². The molecule has 1 fully saturated rings. The van der Waals surface area contributed by atoms with Crippen molar-refractivity contribution in [3.05, 3.63) is 34.5 Å². The number of nitrogens with one attached hydrogen (secondary N) is 2. The van der Waals surface area contributed by atoms with Gasteiger partial charge in [-0.15, -0.1) is 0 Å². The van der Waals surface area contributed by atoms with Crippen molar-refractivity contribution in [3.63, 3.8) is 0 Å². The molecule has 4 heteroatoms. The number of benzene rings is 1. The highest BCUT2D eigenvalue weighted by Gasteiger charge is 2.20. The van der Waals surface area contributed by atoms with Crippen LogP contribution in [-0.2, 0) is 4.74 Å². The largest absolute Gasteiger partial charge is 0.379 e. The van der Waals surface area contributed by atoms with Crippen LogP contribution in [0.1, 0.15) is 40.0 Å². The van der Waals surface area contributed by atoms with Gasteiger partial charge >= 0.3 is 0 Å². The number of amides is 1. The predicted molar refractivity (Wildman–Crippen MR) is 83.8 cm³/mol. The molecule has 1 aromatic heterocycles. The van der Waals surface area contributed by atoms with E-state index in [9.17, 15) is 4.79 Å². The van der Waals surface area contributed by atoms with E-state index in [0.29, 0.717) is 12.3 Å². The average molecular weight is 286 g/mol. The maximum absolute atomic E-state index is 12.5. The van der Waals surface area contributed by atoms with Crippen molar-refractivity contribution in [1.82, 2.24) is 10.3 Å². The summed E-state index contributed by atoms with van der Waals surface area (Å²) >= 11 is 0. The second-order valence-corrected chi connectivity index (χ2v) is 6.02. The minimum absolute atomic E-state index is 0.0312. The fourth-order valence-corrected chi connectivity index (χ4v) is 3.12. The van der Waals surface area contributed by atoms with Gasteiger partial charge in [0.05, 0.1) is 12.6 Å². The van der Waals surface area contributed by atoms with E-state index >= 15 is 0 Å². The van der Waals surface area contributed by atoms with Crippen LogP contribution in [0.2, 0.25) is 0 Å². The molecule has 1 aliphatic heterocycles. The van der Waals surface area contributed by atoms with Crippen molar-refractivity contribution in [2.24, 2.45) is 0 Å². The molecule has 1 aliphatic rings. The van der Waals surface area contributed by atoms with E-state index in [4.69, 9.17) is 4.74 Å². The molecule has 2 N–H and O–H groups in total. The Morgan fingerprint density at radius 1 is 1.33 bits per heavy atom. The lowest BCUT2D eigenvalue weighted by Crippen LogP contribution is -2.40. The molecule has 1 saturated heterocycles. The molecular formula is C17H22N2O2. The molecule has 2 aromatic rings. The van der Waals surface area contributed by atoms with Crippen LogP contribution in [0.3, 0.4) is 0 Å². The third-order valence-electron chi connectivity index (χ3n) is 4.23. The number of hydrogen-bond acceptors (Lipinski definition) is 2. The highest BCUT2D eigenvalue weighted by Crippen LogP contribution is 2.26. The zero-order chi connectivity index (χ0) is 15.0. The number of fused-ring (bicyclic) bond motifs is 1. The van der Waals surface area contributed by atoms with Gasteiger partial charge in [-0.1, -0.05) is 11.6 Å². The summed E-state index contributed by atoms with van der Waals surface area (Å²) in [7, 11) is 0. The van der Waals surface area contributed by atoms with E-state index in [2.05, 4.69) is 36.3 Å². The molecule has 0 saturated carbocycles. The Labute approximate surface area is 124 Å². The lowest BCUT2D eigenvalue weighted by Gasteiger charge is -2.22. The molecule has 0 radical (unpaired) electrons. The average Bonchev–Trinajstić information content (AvgIpc) is 2.78. The predicted octanol–water partition coefficient (Wildman–Crippen LogP) is 3.00. The normalized spacial score (nSPS) is 18.9. The molecule has 112 valence electrons. The summed E-state index contributed by atoms with van der Waals surface area (Å²) < 4.78 is 5.42. The van der Waals surface area contributed by atoms with Crippen LogP contribution in [0.25, 0.3) is 10.9 Å². The van der Waals surface area contributed by atoms with Crippen LogP contribution in [-0.4, -0.2) is 30.1 Å². The van der Waals surface area contributed by atoms with Gasteiger partial charge < -0.3 is 15.0 Å². The highest BCUT2D eigenvalue weighted by molar-refractivity contribution is 6.01. The van der Waals surface area contributed by atoms with Gasteiger partial charge in [0.25, 0.3) is 5.91 Å². The second-order valence-electron chi connectivity index (χ2n) is 6.02. The van der Waals surface area contributed by atoms with Crippen molar-refractivity contribution in [1.29, 1.82) is 0 Å². The van der Waals surface area contributed by atoms with Crippen molar-refractivity contribution in [2.75, 3.05) is 13.2 Å². The molecule has 2 heterocycles. The second kappa shape index (κ2) is 5.53. The van der Waals surface area contributed by atoms with E-state index in [1.54, 1.807) is 0 Å². The van der Waals surface area contributed by atoms with Crippen molar-refractivity contribution in [3.8, 4) is 0 Å². The number of H-pyrrole nitrogens is 1. The number of rotatable bonds is 2. The molecule has 3 rings (SSSR count). The van der Waals surface area contributed by atoms with Gasteiger partial charge in [-0.3, -0.25) is 4.79 Å². The molecule has 0 spiro atoms. The maximum atomic E-state index is 12.5. The summed E-state index contributed by atoms with van der Waals surface area (Å²) in [5.41, 5.74) is 5.14. The van der Waals surface area contributed by atoms with Gasteiger partial charge in [-0.2, -0.15) is 0 Å². The summed E-state index contributed by atoms with van der Waals surface area (Å²) in [6.45, 7) is 7.57. The molecule has 1 amide bonds. The van der Waals surface area contributed by atoms with Crippen molar-refractivity contribution >= 4 is 16.8 Å². The lowest BCUT2D eigenvalue weighted by atomic mass is 10.1. The quantitative estimate of drug-likeness (QED) is 0.891. The number of carbonyl (C=O) groups excluding carboxylic acids is 1. The lowest BCUT2D eigenvalue weighted by molar-refractivity contribution is 0.0622. The molecule has 1 aromatic carbocycles. The fourth-order valence-electron chi connectivity index (χ4n) is 3.12. The summed E-state index contributed by atoms with van der Waals surface area (Å²) in [5, 5.41) is 4.21. The summed E-state index contributed by atoms with van der Waals surface area (Å²) in [5.74, 6) is -0.0312. The summed E-state index contributed by atoms with van der Waals surface area (Å²) in [6.07, 6.45) is 2.00. The smallest absolute Gasteiger partial charge is 0.268 e. The Morgan fingerprint density at radius 3 is 2.86 bits per heavy atom. The first-order valence-electron chi connectivity index (χ1n) is 7.54. The summed E-state index contributed by atoms with van der Waals surface area (Å²) in [6, 6.07) is 4.39. The van der Waals surface area contributed by atoms with Crippen LogP contribution >= 0.6 is 0 Å². The zero-order valence-electron chi connectivity index (χ0n) is 12.9. The van der Waals surface area contributed by atoms with Gasteiger partial charge in [0.1, 0.15) is 5.69 Å². The zero-order valence-corrected chi connectivity index (χ0v) is 12.9. The molecule has 21 heavy (non-hydrogen) atoms. The number of aromatic amines is 1. The Bertz CT molecular complexity index is 682. The highest BCUT2D eigenvalue weighted by atomic mass is 16.5. The molecule has 1 atom stereocenters. The Kier molecular flexibility index (Phi) is 3.72. The number of hydrogen-bond donors (Lipinski definition) is 2. The number of ether oxygens (including phenoxy) is 1. The number of aryl methyl sites for hydroxylation is 3. The Hall–Kier alpha value is -1.81. The third-order valence-corrected chi connectivity index (χ3v) is 4.23. The Morgan fingerprint density at radius 2 is 2.14 bits per heavy atom. The first-order chi connectivity index (χ1) is 10.1. The van der Waals surface area contributed by atoms with Crippen LogP contribution in [0.5, 0.6) is 0 Å². The topological polar surface area (TPSA) is 54.1 Å². The van der Waals surface area contributed by atoms with Crippen LogP contribution in [0, 0.1) is 20.8 Å². The standard InChI is InChI=1S/C17H22N2O2/c1-10-7-11(2)15-14(8-10)12(3)16(19-15)17(20)18-13-5-4-6-21-9-13/h7-8,13,19H,4-6,9H2,1-3H3,(H,18,20). The number of aromatic nitrogens is 1. The van der Waals surface area contributed by atoms with Crippen molar-refractivity contribution in [2.45, 2.75) is 39.7 Å². The third kappa shape index (κ3) is 2.68. The molecule has 4 nitrogen and oxygen atoms in total. The molecule has 0 aliphatic carbocycles. The van der Waals surface area contributed by atoms with Crippen LogP contribution in [0.15, 0.2) is 12.1 Å². The van der Waals surface area contributed by atoms with Gasteiger partial charge in [0, 0.05) is 17.5 Å². The first kappa shape index (κ1) is 14.1. The van der Waals surface area contributed by atoms with E-state index < -0.39 is 0 Å². The number of carbonyl (C=O) groups is 1. The van der Waals surface area contributed by atoms with Gasteiger partial charge in [-0.25, -0.2) is 0 Å². The van der Waals surface area contributed by atoms with Gasteiger partial charge in [0.2, 0.25) is 0 Å². The van der Waals surface area contributed by atoms with Crippen molar-refractivity contribution < 1.29 is 9.53 Å². The van der Waals surface area contributed by atoms with E-state index in [0.717, 1.165) is 35.9 Å². The first-order valence-corrected chi connectivity index (χ1v) is 7.54. The minimum atomic E-state index is -0.0312. The minimum Gasteiger partial charge on any atom is -0.379 e. The van der Waals surface area contributed by atoms with Crippen LogP contribution < -0.4 is 5.32 Å². The van der Waals surface area contributed by atoms with E-state index in [1.807, 2.05) is 6.92 Å². The molecular weight excluding hydrogens is 264 g/mol. The molecule has 1 unspecified atom stereocenters. The van der Waals surface area contributed by atoms with Gasteiger partial charge in [0.15, 0.2) is 0 Å². The maximum Gasteiger partial charge on any atom is 0.268 e. The fraction of sp³-hybridized carbons (Fsp3) is 0.471. The van der Waals surface area contributed by atoms with Gasteiger partial charge in [-0.05, 0) is 50.8 Å². The SMILES string of the molecule is Cc1cc(C)c2[nH]c(C(=O)NC3CCCOC3)c(C)c2c1. The Balaban J connectivity index is 1.91. The monoisotopic (exact) mass is 286 g/mol. The van der Waals surface area contributed by atoms with Crippen LogP contribution in [0.4, 0.5) is 0 Å². The van der Waals surface area contributed by atoms with E-state index in [-0.39, 0.29) is 11.9 Å². The molecule has 0 bridgehead atoms. The summed E-state index contributed by atoms with van der Waals surface area (Å²) in [4.78, 5) is 15.8.